The number of nitrogens with zero attached hydrogens (tertiary/aromatic N) is 1. The molecule has 156 valence electrons. The Morgan fingerprint density at radius 3 is 2.10 bits per heavy atom. The van der Waals surface area contributed by atoms with E-state index in [1.165, 1.54) is 36.4 Å². The normalized spacial score (nSPS) is 17.9. The molecule has 1 heterocycles. The van der Waals surface area contributed by atoms with Crippen LogP contribution in [0.1, 0.15) is 17.2 Å². The summed E-state index contributed by atoms with van der Waals surface area (Å²) < 4.78 is 41.5. The van der Waals surface area contributed by atoms with Crippen LogP contribution in [0.2, 0.25) is 5.02 Å². The number of halogens is 4. The summed E-state index contributed by atoms with van der Waals surface area (Å²) in [4.78, 5) is 26.6. The molecule has 31 heavy (non-hydrogen) atoms. The molecule has 1 atom stereocenters. The largest absolute Gasteiger partial charge is 0.507 e. The van der Waals surface area contributed by atoms with Crippen LogP contribution in [0, 0.1) is 17.5 Å². The number of carbonyl (C=O) groups excluding carboxylic acids is 2. The highest BCUT2D eigenvalue weighted by Gasteiger charge is 2.47. The van der Waals surface area contributed by atoms with Crippen molar-refractivity contribution in [2.24, 2.45) is 0 Å². The molecule has 1 N–H and O–H groups in total. The maximum Gasteiger partial charge on any atom is 0.300 e. The number of aliphatic hydroxyl groups is 1. The van der Waals surface area contributed by atoms with Gasteiger partial charge in [-0.05, 0) is 54.1 Å². The molecule has 8 heteroatoms. The van der Waals surface area contributed by atoms with Gasteiger partial charge in [0.1, 0.15) is 23.2 Å². The Bertz CT molecular complexity index is 1220. The highest BCUT2D eigenvalue weighted by Crippen LogP contribution is 2.43. The Morgan fingerprint density at radius 2 is 1.48 bits per heavy atom. The second-order valence-electron chi connectivity index (χ2n) is 6.82. The van der Waals surface area contributed by atoms with Crippen molar-refractivity contribution in [3.05, 3.63) is 106 Å². The van der Waals surface area contributed by atoms with Gasteiger partial charge in [-0.1, -0.05) is 23.7 Å². The molecular weight excluding hydrogens is 431 g/mol. The Balaban J connectivity index is 1.96. The third kappa shape index (κ3) is 3.68. The summed E-state index contributed by atoms with van der Waals surface area (Å²) in [6.45, 7) is 0. The van der Waals surface area contributed by atoms with E-state index in [4.69, 9.17) is 11.6 Å². The Hall–Kier alpha value is -3.58. The molecule has 0 spiro atoms. The molecule has 0 radical (unpaired) electrons. The molecule has 1 unspecified atom stereocenters. The SMILES string of the molecule is O=C1C(=O)N(c2ccc(F)cc2F)C(c2ccc(F)cc2)/C1=C(\O)c1ccc(Cl)cc1. The van der Waals surface area contributed by atoms with E-state index >= 15 is 0 Å². The first-order valence-corrected chi connectivity index (χ1v) is 9.43. The van der Waals surface area contributed by atoms with Crippen LogP contribution < -0.4 is 4.90 Å². The van der Waals surface area contributed by atoms with Gasteiger partial charge in [0.05, 0.1) is 17.3 Å². The van der Waals surface area contributed by atoms with Crippen molar-refractivity contribution < 1.29 is 27.9 Å². The third-order valence-corrected chi connectivity index (χ3v) is 5.17. The van der Waals surface area contributed by atoms with Crippen molar-refractivity contribution in [1.82, 2.24) is 0 Å². The lowest BCUT2D eigenvalue weighted by atomic mass is 9.95. The Kier molecular flexibility index (Phi) is 5.29. The average molecular weight is 444 g/mol. The quantitative estimate of drug-likeness (QED) is 0.336. The summed E-state index contributed by atoms with van der Waals surface area (Å²) in [5.41, 5.74) is -0.218. The molecule has 0 bridgehead atoms. The topological polar surface area (TPSA) is 57.6 Å². The summed E-state index contributed by atoms with van der Waals surface area (Å²) in [6.07, 6.45) is 0. The summed E-state index contributed by atoms with van der Waals surface area (Å²) >= 11 is 5.87. The number of aliphatic hydroxyl groups excluding tert-OH is 1. The zero-order valence-electron chi connectivity index (χ0n) is 15.7. The van der Waals surface area contributed by atoms with Gasteiger partial charge >= 0.3 is 0 Å². The number of ketones is 1. The lowest BCUT2D eigenvalue weighted by Crippen LogP contribution is -2.30. The van der Waals surface area contributed by atoms with E-state index in [1.807, 2.05) is 0 Å². The van der Waals surface area contributed by atoms with E-state index in [1.54, 1.807) is 0 Å². The minimum Gasteiger partial charge on any atom is -0.507 e. The molecule has 0 aliphatic carbocycles. The number of benzene rings is 3. The second kappa shape index (κ2) is 7.92. The Morgan fingerprint density at radius 1 is 0.871 bits per heavy atom. The van der Waals surface area contributed by atoms with Crippen LogP contribution in [-0.4, -0.2) is 16.8 Å². The predicted octanol–water partition coefficient (Wildman–Crippen LogP) is 5.38. The lowest BCUT2D eigenvalue weighted by Gasteiger charge is -2.25. The summed E-state index contributed by atoms with van der Waals surface area (Å²) in [6, 6.07) is 12.0. The van der Waals surface area contributed by atoms with Gasteiger partial charge in [-0.3, -0.25) is 14.5 Å². The number of carbonyl (C=O) groups is 2. The first-order chi connectivity index (χ1) is 14.8. The molecule has 3 aromatic rings. The number of Topliss-reactive ketones (excluding diaryl/α,β-unsaturated/α-hetero) is 1. The van der Waals surface area contributed by atoms with Crippen molar-refractivity contribution in [2.75, 3.05) is 4.90 Å². The highest BCUT2D eigenvalue weighted by atomic mass is 35.5. The van der Waals surface area contributed by atoms with E-state index in [0.29, 0.717) is 11.1 Å². The molecule has 1 aliphatic rings. The van der Waals surface area contributed by atoms with Gasteiger partial charge in [0.2, 0.25) is 0 Å². The minimum absolute atomic E-state index is 0.203. The van der Waals surface area contributed by atoms with E-state index in [2.05, 4.69) is 0 Å². The van der Waals surface area contributed by atoms with Crippen molar-refractivity contribution in [3.8, 4) is 0 Å². The van der Waals surface area contributed by atoms with Crippen LogP contribution in [-0.2, 0) is 9.59 Å². The molecule has 4 nitrogen and oxygen atoms in total. The van der Waals surface area contributed by atoms with Crippen LogP contribution in [0.15, 0.2) is 72.3 Å². The molecule has 4 rings (SSSR count). The van der Waals surface area contributed by atoms with Crippen LogP contribution in [0.25, 0.3) is 5.76 Å². The van der Waals surface area contributed by atoms with Crippen LogP contribution in [0.4, 0.5) is 18.9 Å². The van der Waals surface area contributed by atoms with Gasteiger partial charge in [-0.25, -0.2) is 13.2 Å². The molecule has 1 saturated heterocycles. The monoisotopic (exact) mass is 443 g/mol. The van der Waals surface area contributed by atoms with Crippen molar-refractivity contribution in [2.45, 2.75) is 6.04 Å². The van der Waals surface area contributed by atoms with Gasteiger partial charge in [0.15, 0.2) is 0 Å². The maximum atomic E-state index is 14.6. The standard InChI is InChI=1S/C23H13ClF3NO3/c24-14-5-1-13(2-6-14)21(29)19-20(12-3-7-15(25)8-4-12)28(23(31)22(19)30)18-10-9-16(26)11-17(18)27/h1-11,20,29H/b21-19+. The number of rotatable bonds is 3. The minimum atomic E-state index is -1.27. The molecule has 1 fully saturated rings. The van der Waals surface area contributed by atoms with E-state index < -0.39 is 40.9 Å². The Labute approximate surface area is 179 Å². The maximum absolute atomic E-state index is 14.6. The van der Waals surface area contributed by atoms with Gasteiger partial charge in [-0.15, -0.1) is 0 Å². The molecule has 1 amide bonds. The number of hydrogen-bond acceptors (Lipinski definition) is 3. The summed E-state index contributed by atoms with van der Waals surface area (Å²) in [7, 11) is 0. The number of anilines is 1. The van der Waals surface area contributed by atoms with E-state index in [0.717, 1.165) is 29.2 Å². The zero-order valence-corrected chi connectivity index (χ0v) is 16.4. The fourth-order valence-corrected chi connectivity index (χ4v) is 3.61. The summed E-state index contributed by atoms with van der Waals surface area (Å²) in [5, 5.41) is 11.3. The highest BCUT2D eigenvalue weighted by molar-refractivity contribution is 6.51. The first-order valence-electron chi connectivity index (χ1n) is 9.05. The number of amides is 1. The van der Waals surface area contributed by atoms with Gasteiger partial charge in [0.25, 0.3) is 11.7 Å². The fraction of sp³-hybridized carbons (Fsp3) is 0.0435. The fourth-order valence-electron chi connectivity index (χ4n) is 3.48. The van der Waals surface area contributed by atoms with Crippen molar-refractivity contribution in [3.63, 3.8) is 0 Å². The molecular formula is C23H13ClF3NO3. The van der Waals surface area contributed by atoms with Gasteiger partial charge < -0.3 is 5.11 Å². The second-order valence-corrected chi connectivity index (χ2v) is 7.26. The van der Waals surface area contributed by atoms with Gasteiger partial charge in [0, 0.05) is 16.7 Å². The van der Waals surface area contributed by atoms with Gasteiger partial charge in [-0.2, -0.15) is 0 Å². The van der Waals surface area contributed by atoms with Crippen molar-refractivity contribution in [1.29, 1.82) is 0 Å². The molecule has 3 aromatic carbocycles. The van der Waals surface area contributed by atoms with Crippen LogP contribution in [0.3, 0.4) is 0 Å². The van der Waals surface area contributed by atoms with E-state index in [-0.39, 0.29) is 22.4 Å². The smallest absolute Gasteiger partial charge is 0.300 e. The average Bonchev–Trinajstić information content (AvgIpc) is 3.00. The summed E-state index contributed by atoms with van der Waals surface area (Å²) in [5.74, 6) is -5.18. The molecule has 0 aromatic heterocycles. The molecule has 0 saturated carbocycles. The lowest BCUT2D eigenvalue weighted by molar-refractivity contribution is -0.132. The third-order valence-electron chi connectivity index (χ3n) is 4.92. The van der Waals surface area contributed by atoms with Crippen molar-refractivity contribution >= 4 is 34.7 Å². The predicted molar refractivity (Wildman–Crippen MR) is 109 cm³/mol. The van der Waals surface area contributed by atoms with Crippen LogP contribution >= 0.6 is 11.6 Å². The molecule has 1 aliphatic heterocycles. The first kappa shape index (κ1) is 20.7. The van der Waals surface area contributed by atoms with Crippen LogP contribution in [0.5, 0.6) is 0 Å². The zero-order chi connectivity index (χ0) is 22.3. The van der Waals surface area contributed by atoms with E-state index in [9.17, 15) is 27.9 Å². The number of hydrogen-bond donors (Lipinski definition) is 1.